The molecule has 0 amide bonds. The van der Waals surface area contributed by atoms with Crippen molar-refractivity contribution in [2.75, 3.05) is 0 Å². The maximum absolute atomic E-state index is 11.4. The van der Waals surface area contributed by atoms with E-state index in [1.165, 1.54) is 6.20 Å². The fourth-order valence-electron chi connectivity index (χ4n) is 1.82. The largest absolute Gasteiger partial charge is 0.294 e. The third kappa shape index (κ3) is 14.5. The first-order chi connectivity index (χ1) is 13.2. The maximum Gasteiger partial charge on any atom is 0.161 e. The zero-order chi connectivity index (χ0) is 21.1. The van der Waals surface area contributed by atoms with Crippen molar-refractivity contribution in [1.82, 2.24) is 4.98 Å². The first-order valence-electron chi connectivity index (χ1n) is 9.95. The Morgan fingerprint density at radius 1 is 0.857 bits per heavy atom. The molecule has 3 rings (SSSR count). The van der Waals surface area contributed by atoms with E-state index in [1.807, 2.05) is 96.1 Å². The Labute approximate surface area is 223 Å². The molecule has 0 N–H and O–H groups in total. The molecule has 0 aliphatic carbocycles. The molecule has 0 bridgehead atoms. The van der Waals surface area contributed by atoms with Crippen LogP contribution in [0.5, 0.6) is 0 Å². The predicted molar refractivity (Wildman–Crippen MR) is 117 cm³/mol. The van der Waals surface area contributed by atoms with Crippen LogP contribution < -0.4 is 0 Å². The monoisotopic (exact) mass is 681 g/mol. The molecule has 0 saturated carbocycles. The van der Waals surface area contributed by atoms with E-state index >= 15 is 0 Å². The van der Waals surface area contributed by atoms with E-state index in [0.29, 0.717) is 5.56 Å². The molecule has 0 atom stereocenters. The third-order valence-electron chi connectivity index (χ3n) is 2.81. The number of carbonyl (C=O) groups is 1. The quantitative estimate of drug-likeness (QED) is 0.198. The summed E-state index contributed by atoms with van der Waals surface area (Å²) in [6, 6.07) is 17.4. The van der Waals surface area contributed by atoms with E-state index in [4.69, 9.17) is 1.37 Å². The predicted octanol–water partition coefficient (Wildman–Crippen LogP) is 7.38. The molecule has 0 unspecified atom stereocenters. The molecule has 3 aromatic rings. The van der Waals surface area contributed by atoms with Crippen molar-refractivity contribution in [3.8, 4) is 0 Å². The number of hydrogen-bond donors (Lipinski definition) is 0. The molecule has 1 radical (unpaired) electrons. The van der Waals surface area contributed by atoms with Crippen LogP contribution in [-0.4, -0.2) is 10.8 Å². The maximum atomic E-state index is 11.4. The topological polar surface area (TPSA) is 30.0 Å². The number of Topliss-reactive ketones (excluding diaryl/α,β-unsaturated/α-hetero) is 1. The van der Waals surface area contributed by atoms with Crippen molar-refractivity contribution in [1.29, 1.82) is 0 Å². The summed E-state index contributed by atoms with van der Waals surface area (Å²) in [6.45, 7) is 15.5. The number of fused-ring (bicyclic) bond motifs is 1. The van der Waals surface area contributed by atoms with Crippen LogP contribution in [0.2, 0.25) is 0 Å². The van der Waals surface area contributed by atoms with Crippen LogP contribution in [0.4, 0.5) is 0 Å². The van der Waals surface area contributed by atoms with E-state index in [1.54, 1.807) is 6.20 Å². The number of hydrogen-bond acceptors (Lipinski definition) is 2. The standard InChI is InChI=1S/C11H9NO.C7H7.3C2H6.U.Y/c1-8(13)11-7-12-6-9-4-2-3-5-10(9)11;1-7-5-3-2-4-6-7;3*1-2;;/h2-7H,1H3;2-6H,1H2;3*1-2H3;;/q;-1;;;;;/i1T;;;;;;. The van der Waals surface area contributed by atoms with Crippen molar-refractivity contribution in [2.45, 2.75) is 48.4 Å². The summed E-state index contributed by atoms with van der Waals surface area (Å²) < 4.78 is 7.04. The minimum absolute atomic E-state index is 0. The van der Waals surface area contributed by atoms with Gasteiger partial charge >= 0.3 is 0 Å². The summed E-state index contributed by atoms with van der Waals surface area (Å²) in [5.74, 6) is -0.186. The minimum atomic E-state index is -0.227. The van der Waals surface area contributed by atoms with Gasteiger partial charge in [0.05, 0.1) is 0 Å². The zero-order valence-electron chi connectivity index (χ0n) is 19.2. The number of ketones is 1. The van der Waals surface area contributed by atoms with E-state index in [2.05, 4.69) is 11.9 Å². The van der Waals surface area contributed by atoms with E-state index in [-0.39, 0.29) is 76.5 Å². The smallest absolute Gasteiger partial charge is 0.161 e. The Morgan fingerprint density at radius 2 is 1.36 bits per heavy atom. The van der Waals surface area contributed by atoms with Crippen LogP contribution in [0.1, 0.15) is 65.7 Å². The van der Waals surface area contributed by atoms with Gasteiger partial charge in [0.25, 0.3) is 0 Å². The molecular weight excluding hydrogens is 645 g/mol. The molecule has 2 aromatic carbocycles. The molecule has 28 heavy (non-hydrogen) atoms. The third-order valence-corrected chi connectivity index (χ3v) is 2.81. The van der Waals surface area contributed by atoms with Gasteiger partial charge in [-0.15, -0.1) is 12.1 Å². The van der Waals surface area contributed by atoms with Gasteiger partial charge in [-0.3, -0.25) is 9.78 Å². The van der Waals surface area contributed by atoms with E-state index < -0.39 is 0 Å². The average Bonchev–Trinajstić information content (AvgIpc) is 2.78. The second kappa shape index (κ2) is 24.6. The van der Waals surface area contributed by atoms with Crippen molar-refractivity contribution >= 4 is 16.6 Å². The summed E-state index contributed by atoms with van der Waals surface area (Å²) in [4.78, 5) is 15.4. The fourth-order valence-corrected chi connectivity index (χ4v) is 1.82. The zero-order valence-corrected chi connectivity index (χ0v) is 25.2. The molecule has 0 spiro atoms. The molecule has 0 saturated heterocycles. The van der Waals surface area contributed by atoms with Gasteiger partial charge in [-0.05, 0) is 12.3 Å². The number of nitrogens with zero attached hydrogens (tertiary/aromatic N) is 1. The average molecular weight is 681 g/mol. The van der Waals surface area contributed by atoms with Crippen LogP contribution in [0.15, 0.2) is 67.0 Å². The SMILES string of the molecule is CC.CC.CC.[3H]CC(=O)c1cncc2ccccc12.[CH2-]c1ccccc1.[U].[Y]. The molecule has 0 fully saturated rings. The Kier molecular flexibility index (Phi) is 28.3. The Bertz CT molecular complexity index is 734. The fraction of sp³-hybridized carbons (Fsp3) is 0.292. The van der Waals surface area contributed by atoms with Crippen LogP contribution in [-0.2, 0) is 32.7 Å². The molecule has 4 heteroatoms. The number of carbonyl (C=O) groups excluding carboxylic acids is 1. The van der Waals surface area contributed by atoms with Gasteiger partial charge in [0, 0.05) is 88.5 Å². The number of rotatable bonds is 1. The van der Waals surface area contributed by atoms with Crippen LogP contribution in [0, 0.1) is 38.0 Å². The van der Waals surface area contributed by atoms with Crippen molar-refractivity contribution in [3.63, 3.8) is 0 Å². The van der Waals surface area contributed by atoms with Crippen molar-refractivity contribution < 1.29 is 70.0 Å². The summed E-state index contributed by atoms with van der Waals surface area (Å²) in [5.41, 5.74) is 1.61. The summed E-state index contributed by atoms with van der Waals surface area (Å²) in [5, 5.41) is 1.81. The van der Waals surface area contributed by atoms with E-state index in [0.717, 1.165) is 16.3 Å². The van der Waals surface area contributed by atoms with Crippen LogP contribution >= 0.6 is 0 Å². The van der Waals surface area contributed by atoms with Gasteiger partial charge in [0.2, 0.25) is 0 Å². The van der Waals surface area contributed by atoms with Gasteiger partial charge in [-0.25, -0.2) is 0 Å². The van der Waals surface area contributed by atoms with Crippen molar-refractivity contribution in [2.24, 2.45) is 0 Å². The van der Waals surface area contributed by atoms with Gasteiger partial charge in [-0.2, -0.15) is 24.6 Å². The molecular formula is C24H34NOUY-. The number of pyridine rings is 1. The second-order valence-corrected chi connectivity index (χ2v) is 4.32. The molecule has 149 valence electrons. The molecule has 0 aliphatic rings. The molecule has 1 aromatic heterocycles. The van der Waals surface area contributed by atoms with Crippen LogP contribution in [0.25, 0.3) is 10.8 Å². The van der Waals surface area contributed by atoms with Gasteiger partial charge < -0.3 is 0 Å². The summed E-state index contributed by atoms with van der Waals surface area (Å²) in [7, 11) is 0. The Balaban J connectivity index is -0.000000179. The van der Waals surface area contributed by atoms with Gasteiger partial charge in [-0.1, -0.05) is 71.9 Å². The summed E-state index contributed by atoms with van der Waals surface area (Å²) >= 11 is 0. The minimum Gasteiger partial charge on any atom is -0.294 e. The normalized spacial score (nSPS) is 8.00. The van der Waals surface area contributed by atoms with E-state index in [9.17, 15) is 4.79 Å². The summed E-state index contributed by atoms with van der Waals surface area (Å²) in [6.07, 6.45) is 3.25. The second-order valence-electron chi connectivity index (χ2n) is 4.32. The number of aromatic nitrogens is 1. The van der Waals surface area contributed by atoms with Gasteiger partial charge in [0.1, 0.15) is 0 Å². The van der Waals surface area contributed by atoms with Crippen LogP contribution in [0.3, 0.4) is 0 Å². The first kappa shape index (κ1) is 32.2. The molecule has 0 aliphatic heterocycles. The first-order valence-corrected chi connectivity index (χ1v) is 9.24. The number of benzene rings is 2. The molecule has 2 nitrogen and oxygen atoms in total. The Morgan fingerprint density at radius 3 is 1.82 bits per heavy atom. The molecule has 1 heterocycles. The van der Waals surface area contributed by atoms with Gasteiger partial charge in [0.15, 0.2) is 5.78 Å². The Hall–Kier alpha value is -0.454. The van der Waals surface area contributed by atoms with Crippen molar-refractivity contribution in [3.05, 3.63) is 85.0 Å².